The van der Waals surface area contributed by atoms with E-state index >= 15 is 0 Å². The minimum absolute atomic E-state index is 0.000833. The molecule has 0 bridgehead atoms. The SMILES string of the molecule is CC(=O)c1cc(CN)c(Cl)n1C. The van der Waals surface area contributed by atoms with Crippen LogP contribution in [0.3, 0.4) is 0 Å². The summed E-state index contributed by atoms with van der Waals surface area (Å²) in [5.74, 6) is -0.000833. The van der Waals surface area contributed by atoms with Gasteiger partial charge < -0.3 is 10.3 Å². The fraction of sp³-hybridized carbons (Fsp3) is 0.375. The van der Waals surface area contributed by atoms with Crippen LogP contribution < -0.4 is 5.73 Å². The van der Waals surface area contributed by atoms with Gasteiger partial charge in [-0.3, -0.25) is 4.79 Å². The predicted molar refractivity (Wildman–Crippen MR) is 48.3 cm³/mol. The quantitative estimate of drug-likeness (QED) is 0.709. The van der Waals surface area contributed by atoms with Gasteiger partial charge in [0.25, 0.3) is 0 Å². The molecule has 0 spiro atoms. The smallest absolute Gasteiger partial charge is 0.176 e. The molecule has 0 aliphatic carbocycles. The number of carbonyl (C=O) groups is 1. The fourth-order valence-electron chi connectivity index (χ4n) is 1.12. The summed E-state index contributed by atoms with van der Waals surface area (Å²) in [6.07, 6.45) is 0. The molecule has 0 saturated heterocycles. The van der Waals surface area contributed by atoms with Crippen LogP contribution in [0.5, 0.6) is 0 Å². The molecule has 2 N–H and O–H groups in total. The maximum atomic E-state index is 11.0. The van der Waals surface area contributed by atoms with Crippen LogP contribution in [0.4, 0.5) is 0 Å². The van der Waals surface area contributed by atoms with Crippen molar-refractivity contribution in [1.29, 1.82) is 0 Å². The second-order valence-electron chi connectivity index (χ2n) is 2.66. The van der Waals surface area contributed by atoms with Crippen LogP contribution in [0.1, 0.15) is 23.0 Å². The zero-order chi connectivity index (χ0) is 9.30. The number of ketones is 1. The number of rotatable bonds is 2. The summed E-state index contributed by atoms with van der Waals surface area (Å²) in [5.41, 5.74) is 6.83. The van der Waals surface area contributed by atoms with Crippen LogP contribution >= 0.6 is 11.6 Å². The van der Waals surface area contributed by atoms with E-state index in [4.69, 9.17) is 17.3 Å². The summed E-state index contributed by atoms with van der Waals surface area (Å²) in [7, 11) is 1.75. The molecule has 12 heavy (non-hydrogen) atoms. The Labute approximate surface area is 76.1 Å². The highest BCUT2D eigenvalue weighted by Crippen LogP contribution is 2.19. The Kier molecular flexibility index (Phi) is 2.55. The number of hydrogen-bond acceptors (Lipinski definition) is 2. The van der Waals surface area contributed by atoms with Gasteiger partial charge in [-0.2, -0.15) is 0 Å². The topological polar surface area (TPSA) is 48.0 Å². The van der Waals surface area contributed by atoms with Gasteiger partial charge in [-0.25, -0.2) is 0 Å². The molecule has 0 atom stereocenters. The Morgan fingerprint density at radius 3 is 2.58 bits per heavy atom. The van der Waals surface area contributed by atoms with Crippen LogP contribution in [0.25, 0.3) is 0 Å². The van der Waals surface area contributed by atoms with E-state index in [1.807, 2.05) is 0 Å². The van der Waals surface area contributed by atoms with Gasteiger partial charge in [0, 0.05) is 26.1 Å². The van der Waals surface area contributed by atoms with Crippen molar-refractivity contribution in [2.75, 3.05) is 0 Å². The van der Waals surface area contributed by atoms with Crippen molar-refractivity contribution in [3.63, 3.8) is 0 Å². The summed E-state index contributed by atoms with van der Waals surface area (Å²) in [4.78, 5) is 11.0. The van der Waals surface area contributed by atoms with E-state index in [2.05, 4.69) is 0 Å². The highest BCUT2D eigenvalue weighted by Gasteiger charge is 2.11. The highest BCUT2D eigenvalue weighted by molar-refractivity contribution is 6.30. The Morgan fingerprint density at radius 2 is 2.33 bits per heavy atom. The monoisotopic (exact) mass is 186 g/mol. The molecule has 0 aliphatic rings. The van der Waals surface area contributed by atoms with Crippen molar-refractivity contribution >= 4 is 17.4 Å². The molecule has 0 aliphatic heterocycles. The van der Waals surface area contributed by atoms with Crippen molar-refractivity contribution in [2.45, 2.75) is 13.5 Å². The fourth-order valence-corrected chi connectivity index (χ4v) is 1.35. The molecule has 66 valence electrons. The first-order chi connectivity index (χ1) is 5.57. The van der Waals surface area contributed by atoms with Gasteiger partial charge in [0.2, 0.25) is 0 Å². The molecular weight excluding hydrogens is 176 g/mol. The molecule has 4 heteroatoms. The molecule has 1 aromatic heterocycles. The summed E-state index contributed by atoms with van der Waals surface area (Å²) in [5, 5.41) is 0.544. The summed E-state index contributed by atoms with van der Waals surface area (Å²) < 4.78 is 1.64. The lowest BCUT2D eigenvalue weighted by Gasteiger charge is -1.98. The number of Topliss-reactive ketones (excluding diaryl/α,β-unsaturated/α-hetero) is 1. The van der Waals surface area contributed by atoms with Gasteiger partial charge in [-0.05, 0) is 6.07 Å². The third-order valence-electron chi connectivity index (χ3n) is 1.81. The normalized spacial score (nSPS) is 10.3. The number of halogens is 1. The highest BCUT2D eigenvalue weighted by atomic mass is 35.5. The first-order valence-corrected chi connectivity index (χ1v) is 4.00. The molecule has 1 rings (SSSR count). The van der Waals surface area contributed by atoms with Crippen LogP contribution in [0.2, 0.25) is 5.15 Å². The van der Waals surface area contributed by atoms with E-state index in [0.717, 1.165) is 5.56 Å². The first kappa shape index (κ1) is 9.29. The molecule has 3 nitrogen and oxygen atoms in total. The van der Waals surface area contributed by atoms with Gasteiger partial charge in [-0.1, -0.05) is 11.6 Å². The molecule has 0 aromatic carbocycles. The maximum Gasteiger partial charge on any atom is 0.176 e. The molecule has 0 fully saturated rings. The predicted octanol–water partition coefficient (Wildman–Crippen LogP) is 1.34. The van der Waals surface area contributed by atoms with E-state index < -0.39 is 0 Å². The van der Waals surface area contributed by atoms with Crippen molar-refractivity contribution in [3.05, 3.63) is 22.5 Å². The lowest BCUT2D eigenvalue weighted by atomic mass is 10.2. The Morgan fingerprint density at radius 1 is 1.75 bits per heavy atom. The van der Waals surface area contributed by atoms with E-state index in [0.29, 0.717) is 17.4 Å². The van der Waals surface area contributed by atoms with E-state index in [1.165, 1.54) is 6.92 Å². The number of nitrogens with zero attached hydrogens (tertiary/aromatic N) is 1. The summed E-state index contributed by atoms with van der Waals surface area (Å²) in [6.45, 7) is 1.87. The summed E-state index contributed by atoms with van der Waals surface area (Å²) in [6, 6.07) is 1.73. The lowest BCUT2D eigenvalue weighted by molar-refractivity contribution is 0.101. The molecule has 0 radical (unpaired) electrons. The average Bonchev–Trinajstić information content (AvgIpc) is 2.30. The molecule has 0 amide bonds. The molecule has 1 aromatic rings. The van der Waals surface area contributed by atoms with Gasteiger partial charge >= 0.3 is 0 Å². The maximum absolute atomic E-state index is 11.0. The van der Waals surface area contributed by atoms with Crippen LogP contribution in [-0.2, 0) is 13.6 Å². The minimum Gasteiger partial charge on any atom is -0.332 e. The number of nitrogens with two attached hydrogens (primary N) is 1. The second kappa shape index (κ2) is 3.29. The second-order valence-corrected chi connectivity index (χ2v) is 3.02. The Bertz CT molecular complexity index is 317. The van der Waals surface area contributed by atoms with Gasteiger partial charge in [-0.15, -0.1) is 0 Å². The lowest BCUT2D eigenvalue weighted by Crippen LogP contribution is -2.00. The third kappa shape index (κ3) is 1.38. The third-order valence-corrected chi connectivity index (χ3v) is 2.31. The summed E-state index contributed by atoms with van der Waals surface area (Å²) >= 11 is 5.89. The minimum atomic E-state index is -0.000833. The van der Waals surface area contributed by atoms with E-state index in [-0.39, 0.29) is 5.78 Å². The first-order valence-electron chi connectivity index (χ1n) is 3.63. The van der Waals surface area contributed by atoms with Crippen LogP contribution in [0.15, 0.2) is 6.07 Å². The van der Waals surface area contributed by atoms with E-state index in [9.17, 15) is 4.79 Å². The molecule has 0 saturated carbocycles. The Balaban J connectivity index is 3.25. The van der Waals surface area contributed by atoms with Crippen molar-refractivity contribution < 1.29 is 4.79 Å². The molecule has 0 unspecified atom stereocenters. The molecular formula is C8H11ClN2O. The standard InChI is InChI=1S/C8H11ClN2O/c1-5(12)7-3-6(4-10)8(9)11(7)2/h3H,4,10H2,1-2H3. The van der Waals surface area contributed by atoms with Gasteiger partial charge in [0.1, 0.15) is 5.15 Å². The van der Waals surface area contributed by atoms with Gasteiger partial charge in [0.15, 0.2) is 5.78 Å². The molecule has 1 heterocycles. The number of hydrogen-bond donors (Lipinski definition) is 1. The van der Waals surface area contributed by atoms with Crippen molar-refractivity contribution in [1.82, 2.24) is 4.57 Å². The zero-order valence-electron chi connectivity index (χ0n) is 7.10. The average molecular weight is 187 g/mol. The van der Waals surface area contributed by atoms with Crippen molar-refractivity contribution in [2.24, 2.45) is 12.8 Å². The van der Waals surface area contributed by atoms with Gasteiger partial charge in [0.05, 0.1) is 5.69 Å². The number of carbonyl (C=O) groups excluding carboxylic acids is 1. The number of aromatic nitrogens is 1. The zero-order valence-corrected chi connectivity index (χ0v) is 7.85. The Hall–Kier alpha value is -0.800. The van der Waals surface area contributed by atoms with E-state index in [1.54, 1.807) is 17.7 Å². The van der Waals surface area contributed by atoms with Crippen LogP contribution in [-0.4, -0.2) is 10.4 Å². The largest absolute Gasteiger partial charge is 0.332 e. The van der Waals surface area contributed by atoms with Crippen LogP contribution in [0, 0.1) is 0 Å². The van der Waals surface area contributed by atoms with Crippen molar-refractivity contribution in [3.8, 4) is 0 Å².